The smallest absolute Gasteiger partial charge is 0.247 e. The van der Waals surface area contributed by atoms with Gasteiger partial charge in [0.2, 0.25) is 11.8 Å². The van der Waals surface area contributed by atoms with Crippen LogP contribution >= 0.6 is 0 Å². The summed E-state index contributed by atoms with van der Waals surface area (Å²) in [5.74, 6) is 1.15. The fourth-order valence-corrected chi connectivity index (χ4v) is 3.21. The van der Waals surface area contributed by atoms with Crippen LogP contribution in [0.4, 0.5) is 11.6 Å². The Morgan fingerprint density at radius 3 is 2.61 bits per heavy atom. The molecule has 6 nitrogen and oxygen atoms in total. The number of fused-ring (bicyclic) bond motifs is 2. The Morgan fingerprint density at radius 1 is 0.857 bits per heavy atom. The van der Waals surface area contributed by atoms with Crippen molar-refractivity contribution in [3.8, 4) is 17.1 Å². The summed E-state index contributed by atoms with van der Waals surface area (Å²) in [4.78, 5) is 9.04. The number of rotatable bonds is 4. The van der Waals surface area contributed by atoms with Crippen LogP contribution in [-0.4, -0.2) is 26.7 Å². The molecule has 3 aromatic heterocycles. The van der Waals surface area contributed by atoms with Gasteiger partial charge in [0, 0.05) is 22.7 Å². The van der Waals surface area contributed by atoms with Gasteiger partial charge < -0.3 is 10.1 Å². The van der Waals surface area contributed by atoms with E-state index in [-0.39, 0.29) is 0 Å². The van der Waals surface area contributed by atoms with Crippen LogP contribution < -0.4 is 10.1 Å². The summed E-state index contributed by atoms with van der Waals surface area (Å²) >= 11 is 0. The predicted molar refractivity (Wildman–Crippen MR) is 110 cm³/mol. The first-order chi connectivity index (χ1) is 13.8. The highest BCUT2D eigenvalue weighted by molar-refractivity contribution is 5.83. The van der Waals surface area contributed by atoms with E-state index in [2.05, 4.69) is 32.5 Å². The minimum atomic E-state index is 0.546. The predicted octanol–water partition coefficient (Wildman–Crippen LogP) is 4.70. The van der Waals surface area contributed by atoms with Gasteiger partial charge in [-0.1, -0.05) is 36.4 Å². The molecule has 28 heavy (non-hydrogen) atoms. The van der Waals surface area contributed by atoms with Crippen LogP contribution in [0, 0.1) is 0 Å². The number of methoxy groups -OCH3 is 1. The number of nitrogens with one attached hydrogen (secondary N) is 1. The van der Waals surface area contributed by atoms with Crippen LogP contribution in [0.2, 0.25) is 0 Å². The van der Waals surface area contributed by atoms with Crippen molar-refractivity contribution < 1.29 is 4.74 Å². The van der Waals surface area contributed by atoms with E-state index in [0.29, 0.717) is 11.8 Å². The molecule has 0 saturated carbocycles. The van der Waals surface area contributed by atoms with Gasteiger partial charge in [0.15, 0.2) is 5.65 Å². The fourth-order valence-electron chi connectivity index (χ4n) is 3.21. The number of ether oxygens (including phenoxy) is 1. The van der Waals surface area contributed by atoms with Gasteiger partial charge in [-0.05, 0) is 36.4 Å². The summed E-state index contributed by atoms with van der Waals surface area (Å²) in [7, 11) is 1.61. The first-order valence-electron chi connectivity index (χ1n) is 8.93. The number of aromatic nitrogens is 4. The average Bonchev–Trinajstić information content (AvgIpc) is 3.16. The van der Waals surface area contributed by atoms with Crippen LogP contribution in [0.5, 0.6) is 5.88 Å². The first kappa shape index (κ1) is 16.3. The van der Waals surface area contributed by atoms with Crippen LogP contribution in [-0.2, 0) is 0 Å². The molecule has 1 N–H and O–H groups in total. The molecule has 0 unspecified atom stereocenters. The van der Waals surface area contributed by atoms with Crippen molar-refractivity contribution in [3.63, 3.8) is 0 Å². The molecular formula is C22H17N5O. The van der Waals surface area contributed by atoms with Crippen molar-refractivity contribution in [3.05, 3.63) is 78.9 Å². The molecule has 0 aliphatic carbocycles. The highest BCUT2D eigenvalue weighted by Crippen LogP contribution is 2.24. The van der Waals surface area contributed by atoms with Gasteiger partial charge in [0.1, 0.15) is 0 Å². The Morgan fingerprint density at radius 2 is 1.75 bits per heavy atom. The molecule has 0 aliphatic heterocycles. The van der Waals surface area contributed by atoms with Gasteiger partial charge in [0.25, 0.3) is 0 Å². The van der Waals surface area contributed by atoms with Crippen LogP contribution in [0.3, 0.4) is 0 Å². The molecule has 0 amide bonds. The average molecular weight is 367 g/mol. The maximum atomic E-state index is 5.18. The summed E-state index contributed by atoms with van der Waals surface area (Å²) in [6.45, 7) is 0. The van der Waals surface area contributed by atoms with E-state index in [4.69, 9.17) is 4.74 Å². The van der Waals surface area contributed by atoms with E-state index in [0.717, 1.165) is 33.5 Å². The van der Waals surface area contributed by atoms with Crippen molar-refractivity contribution in [2.24, 2.45) is 0 Å². The Kier molecular flexibility index (Phi) is 3.87. The molecule has 0 spiro atoms. The van der Waals surface area contributed by atoms with E-state index in [1.54, 1.807) is 7.11 Å². The monoisotopic (exact) mass is 367 g/mol. The molecular weight excluding hydrogens is 350 g/mol. The van der Waals surface area contributed by atoms with Gasteiger partial charge >= 0.3 is 0 Å². The molecule has 0 atom stereocenters. The lowest BCUT2D eigenvalue weighted by Gasteiger charge is -2.05. The largest absolute Gasteiger partial charge is 0.481 e. The lowest BCUT2D eigenvalue weighted by Crippen LogP contribution is -1.96. The number of anilines is 2. The molecule has 3 heterocycles. The van der Waals surface area contributed by atoms with Crippen LogP contribution in [0.15, 0.2) is 78.9 Å². The minimum Gasteiger partial charge on any atom is -0.481 e. The maximum Gasteiger partial charge on any atom is 0.247 e. The van der Waals surface area contributed by atoms with E-state index < -0.39 is 0 Å². The zero-order chi connectivity index (χ0) is 18.9. The fraction of sp³-hybridized carbons (Fsp3) is 0.0455. The van der Waals surface area contributed by atoms with E-state index in [1.807, 2.05) is 71.2 Å². The minimum absolute atomic E-state index is 0.546. The lowest BCUT2D eigenvalue weighted by atomic mass is 10.1. The second-order valence-corrected chi connectivity index (χ2v) is 6.37. The normalized spacial score (nSPS) is 11.0. The molecule has 136 valence electrons. The van der Waals surface area contributed by atoms with Gasteiger partial charge in [-0.15, -0.1) is 5.10 Å². The second kappa shape index (κ2) is 6.66. The summed E-state index contributed by atoms with van der Waals surface area (Å²) in [5.41, 5.74) is 4.65. The molecule has 5 rings (SSSR count). The SMILES string of the molecule is COc1ccc2cc(Nc3nc4cccc(-c5ccccc5)n4n3)ccc2n1. The summed E-state index contributed by atoms with van der Waals surface area (Å²) < 4.78 is 7.03. The molecule has 0 radical (unpaired) electrons. The first-order valence-corrected chi connectivity index (χ1v) is 8.93. The third-order valence-electron chi connectivity index (χ3n) is 4.56. The molecule has 0 saturated heterocycles. The van der Waals surface area contributed by atoms with Gasteiger partial charge in [0.05, 0.1) is 18.3 Å². The van der Waals surface area contributed by atoms with Crippen molar-refractivity contribution in [1.29, 1.82) is 0 Å². The quantitative estimate of drug-likeness (QED) is 0.499. The van der Waals surface area contributed by atoms with E-state index >= 15 is 0 Å². The standard InChI is InChI=1S/C22H17N5O/c1-28-21-13-10-16-14-17(11-12-18(16)24-21)23-22-25-20-9-5-8-19(27(20)26-22)15-6-3-2-4-7-15/h2-14H,1H3,(H,23,26). The van der Waals surface area contributed by atoms with Crippen molar-refractivity contribution in [1.82, 2.24) is 19.6 Å². The van der Waals surface area contributed by atoms with Crippen LogP contribution in [0.1, 0.15) is 0 Å². The lowest BCUT2D eigenvalue weighted by molar-refractivity contribution is 0.399. The molecule has 2 aromatic carbocycles. The van der Waals surface area contributed by atoms with Crippen LogP contribution in [0.25, 0.3) is 27.8 Å². The number of hydrogen-bond acceptors (Lipinski definition) is 5. The third kappa shape index (κ3) is 2.91. The van der Waals surface area contributed by atoms with Gasteiger partial charge in [-0.2, -0.15) is 4.98 Å². The summed E-state index contributed by atoms with van der Waals surface area (Å²) in [6.07, 6.45) is 0. The second-order valence-electron chi connectivity index (χ2n) is 6.37. The molecule has 5 aromatic rings. The number of benzene rings is 2. The van der Waals surface area contributed by atoms with Gasteiger partial charge in [-0.3, -0.25) is 0 Å². The zero-order valence-electron chi connectivity index (χ0n) is 15.2. The van der Waals surface area contributed by atoms with Crippen molar-refractivity contribution in [2.45, 2.75) is 0 Å². The number of hydrogen-bond donors (Lipinski definition) is 1. The maximum absolute atomic E-state index is 5.18. The van der Waals surface area contributed by atoms with E-state index in [9.17, 15) is 0 Å². The van der Waals surface area contributed by atoms with Crippen molar-refractivity contribution >= 4 is 28.2 Å². The number of pyridine rings is 2. The van der Waals surface area contributed by atoms with E-state index in [1.165, 1.54) is 0 Å². The number of nitrogens with zero attached hydrogens (tertiary/aromatic N) is 4. The molecule has 0 aliphatic rings. The third-order valence-corrected chi connectivity index (χ3v) is 4.56. The highest BCUT2D eigenvalue weighted by atomic mass is 16.5. The highest BCUT2D eigenvalue weighted by Gasteiger charge is 2.09. The molecule has 0 fully saturated rings. The Balaban J connectivity index is 1.51. The molecule has 6 heteroatoms. The Bertz CT molecular complexity index is 1280. The van der Waals surface area contributed by atoms with Crippen molar-refractivity contribution in [2.75, 3.05) is 12.4 Å². The Labute approximate surface area is 161 Å². The topological polar surface area (TPSA) is 64.3 Å². The summed E-state index contributed by atoms with van der Waals surface area (Å²) in [5, 5.41) is 8.95. The summed E-state index contributed by atoms with van der Waals surface area (Å²) in [6, 6.07) is 25.9. The zero-order valence-corrected chi connectivity index (χ0v) is 15.2. The molecule has 0 bridgehead atoms. The Hall–Kier alpha value is -3.93. The van der Waals surface area contributed by atoms with Gasteiger partial charge in [-0.25, -0.2) is 9.50 Å².